The van der Waals surface area contributed by atoms with Crippen molar-refractivity contribution in [1.82, 2.24) is 20.6 Å². The van der Waals surface area contributed by atoms with E-state index in [1.807, 2.05) is 0 Å². The van der Waals surface area contributed by atoms with E-state index in [9.17, 15) is 9.18 Å². The third kappa shape index (κ3) is 4.43. The molecule has 1 rings (SSSR count). The van der Waals surface area contributed by atoms with Gasteiger partial charge in [-0.1, -0.05) is 5.21 Å². The van der Waals surface area contributed by atoms with Gasteiger partial charge in [-0.25, -0.2) is 0 Å². The van der Waals surface area contributed by atoms with E-state index in [0.717, 1.165) is 0 Å². The van der Waals surface area contributed by atoms with Gasteiger partial charge in [-0.05, 0) is 25.7 Å². The number of carbonyl (C=O) groups is 1. The van der Waals surface area contributed by atoms with Crippen molar-refractivity contribution in [3.63, 3.8) is 0 Å². The minimum atomic E-state index is -1.04. The van der Waals surface area contributed by atoms with Crippen molar-refractivity contribution in [2.75, 3.05) is 6.67 Å². The highest BCUT2D eigenvalue weighted by Gasteiger charge is 2.19. The van der Waals surface area contributed by atoms with Crippen molar-refractivity contribution in [3.05, 3.63) is 5.82 Å². The van der Waals surface area contributed by atoms with Crippen LogP contribution in [0.1, 0.15) is 37.4 Å². The molecule has 2 atom stereocenters. The standard InChI is InChI=1S/C9H16FN5O2/c10-5-1-2-6(8-12-14-15-13-8)3-4-7(11)9(16)17/h6-7H,1-5,11H2,(H,16,17)(H,12,13,14,15)/t6?,7-/m0/s1/i10-1. The molecule has 0 saturated heterocycles. The van der Waals surface area contributed by atoms with Crippen LogP contribution < -0.4 is 5.73 Å². The highest BCUT2D eigenvalue weighted by atomic mass is 18.2. The van der Waals surface area contributed by atoms with Crippen LogP contribution >= 0.6 is 0 Å². The van der Waals surface area contributed by atoms with Crippen LogP contribution in [0, 0.1) is 0 Å². The molecule has 1 unspecified atom stereocenters. The molecule has 0 spiro atoms. The van der Waals surface area contributed by atoms with Crippen molar-refractivity contribution in [1.29, 1.82) is 0 Å². The minimum Gasteiger partial charge on any atom is -0.480 e. The first-order chi connectivity index (χ1) is 8.15. The molecule has 1 aromatic rings. The molecule has 1 aromatic heterocycles. The van der Waals surface area contributed by atoms with Gasteiger partial charge in [0.1, 0.15) is 6.04 Å². The van der Waals surface area contributed by atoms with E-state index in [0.29, 0.717) is 31.5 Å². The van der Waals surface area contributed by atoms with E-state index in [1.54, 1.807) is 0 Å². The van der Waals surface area contributed by atoms with Crippen LogP contribution in [0.5, 0.6) is 0 Å². The summed E-state index contributed by atoms with van der Waals surface area (Å²) < 4.78 is 12.1. The molecule has 1 heterocycles. The Morgan fingerprint density at radius 1 is 1.47 bits per heavy atom. The molecular formula is C9H16FN5O2. The van der Waals surface area contributed by atoms with Crippen LogP contribution in [0.15, 0.2) is 0 Å². The minimum absolute atomic E-state index is 0.102. The fourth-order valence-corrected chi connectivity index (χ4v) is 1.57. The van der Waals surface area contributed by atoms with Gasteiger partial charge in [0.2, 0.25) is 0 Å². The fraction of sp³-hybridized carbons (Fsp3) is 0.778. The summed E-state index contributed by atoms with van der Waals surface area (Å²) in [4.78, 5) is 10.6. The summed E-state index contributed by atoms with van der Waals surface area (Å²) in [5, 5.41) is 22.1. The van der Waals surface area contributed by atoms with Crippen LogP contribution in [0.3, 0.4) is 0 Å². The zero-order chi connectivity index (χ0) is 12.7. The lowest BCUT2D eigenvalue weighted by Crippen LogP contribution is -2.30. The van der Waals surface area contributed by atoms with Crippen molar-refractivity contribution in [2.24, 2.45) is 5.73 Å². The van der Waals surface area contributed by atoms with Crippen molar-refractivity contribution >= 4 is 5.97 Å². The van der Waals surface area contributed by atoms with Gasteiger partial charge in [0.25, 0.3) is 0 Å². The molecule has 7 nitrogen and oxygen atoms in total. The Hall–Kier alpha value is -1.57. The maximum absolute atomic E-state index is 12.1. The van der Waals surface area contributed by atoms with Crippen LogP contribution in [-0.4, -0.2) is 44.4 Å². The van der Waals surface area contributed by atoms with Crippen molar-refractivity contribution in [2.45, 2.75) is 37.6 Å². The lowest BCUT2D eigenvalue weighted by Gasteiger charge is -2.13. The largest absolute Gasteiger partial charge is 0.480 e. The predicted octanol–water partition coefficient (Wildman–Crippen LogP) is 0.225. The first-order valence-electron chi connectivity index (χ1n) is 5.42. The zero-order valence-corrected chi connectivity index (χ0v) is 9.34. The summed E-state index contributed by atoms with van der Waals surface area (Å²) in [6.07, 6.45) is 1.76. The molecule has 0 fully saturated rings. The molecule has 0 aliphatic rings. The Morgan fingerprint density at radius 2 is 2.24 bits per heavy atom. The number of carboxylic acids is 1. The Morgan fingerprint density at radius 3 is 2.76 bits per heavy atom. The number of rotatable bonds is 8. The zero-order valence-electron chi connectivity index (χ0n) is 9.34. The summed E-state index contributed by atoms with van der Waals surface area (Å²) in [6, 6.07) is -0.908. The highest BCUT2D eigenvalue weighted by molar-refractivity contribution is 5.72. The number of tetrazole rings is 1. The number of nitrogens with one attached hydrogen (secondary N) is 1. The van der Waals surface area contributed by atoms with Gasteiger partial charge in [-0.3, -0.25) is 9.18 Å². The predicted molar refractivity (Wildman–Crippen MR) is 57.0 cm³/mol. The third-order valence-corrected chi connectivity index (χ3v) is 2.56. The molecule has 0 aliphatic heterocycles. The number of aromatic nitrogens is 4. The smallest absolute Gasteiger partial charge is 0.320 e. The van der Waals surface area contributed by atoms with E-state index in [-0.39, 0.29) is 5.92 Å². The van der Waals surface area contributed by atoms with Crippen LogP contribution in [0.25, 0.3) is 0 Å². The van der Waals surface area contributed by atoms with Gasteiger partial charge >= 0.3 is 5.97 Å². The van der Waals surface area contributed by atoms with E-state index in [1.165, 1.54) is 0 Å². The van der Waals surface area contributed by atoms with Crippen LogP contribution in [0.2, 0.25) is 0 Å². The van der Waals surface area contributed by atoms with E-state index >= 15 is 0 Å². The molecule has 0 saturated carbocycles. The summed E-state index contributed by atoms with van der Waals surface area (Å²) in [5.74, 6) is -0.659. The lowest BCUT2D eigenvalue weighted by molar-refractivity contribution is -0.138. The third-order valence-electron chi connectivity index (χ3n) is 2.56. The van der Waals surface area contributed by atoms with E-state index in [2.05, 4.69) is 20.6 Å². The number of aliphatic carboxylic acids is 1. The van der Waals surface area contributed by atoms with Crippen LogP contribution in [0.4, 0.5) is 4.39 Å². The Bertz CT molecular complexity index is 332. The Kier molecular flexibility index (Phi) is 5.47. The van der Waals surface area contributed by atoms with Crippen molar-refractivity contribution in [3.8, 4) is 0 Å². The first kappa shape index (κ1) is 13.5. The number of hydrogen-bond acceptors (Lipinski definition) is 5. The molecular weight excluding hydrogens is 228 g/mol. The van der Waals surface area contributed by atoms with Gasteiger partial charge < -0.3 is 10.8 Å². The molecule has 8 heteroatoms. The maximum atomic E-state index is 12.1. The van der Waals surface area contributed by atoms with Crippen LogP contribution in [-0.2, 0) is 4.79 Å². The molecule has 0 aromatic carbocycles. The topological polar surface area (TPSA) is 118 Å². The summed E-state index contributed by atoms with van der Waals surface area (Å²) in [5.41, 5.74) is 5.41. The Balaban J connectivity index is 2.49. The maximum Gasteiger partial charge on any atom is 0.320 e. The first-order valence-corrected chi connectivity index (χ1v) is 5.42. The molecule has 4 N–H and O–H groups in total. The normalized spacial score (nSPS) is 14.5. The average molecular weight is 244 g/mol. The SMILES string of the molecule is N[C@@H](CCC(CCC[18F])c1nn[nH]n1)C(=O)O. The molecule has 17 heavy (non-hydrogen) atoms. The number of aromatic amines is 1. The second kappa shape index (κ2) is 6.89. The van der Waals surface area contributed by atoms with Gasteiger partial charge in [0.05, 0.1) is 6.67 Å². The number of H-pyrrole nitrogens is 1. The number of alkyl halides is 1. The number of nitrogens with two attached hydrogens (primary N) is 1. The van der Waals surface area contributed by atoms with E-state index in [4.69, 9.17) is 10.8 Å². The molecule has 0 bridgehead atoms. The number of carboxylic acid groups (broad SMARTS) is 1. The number of nitrogens with zero attached hydrogens (tertiary/aromatic N) is 3. The fourth-order valence-electron chi connectivity index (χ4n) is 1.57. The summed E-state index contributed by atoms with van der Waals surface area (Å²) in [6.45, 7) is -0.417. The average Bonchev–Trinajstić information content (AvgIpc) is 2.82. The number of hydrogen-bond donors (Lipinski definition) is 3. The summed E-state index contributed by atoms with van der Waals surface area (Å²) in [7, 11) is 0. The van der Waals surface area contributed by atoms with Gasteiger partial charge in [-0.2, -0.15) is 5.21 Å². The summed E-state index contributed by atoms with van der Waals surface area (Å²) >= 11 is 0. The quantitative estimate of drug-likeness (QED) is 0.602. The second-order valence-electron chi connectivity index (χ2n) is 3.82. The monoisotopic (exact) mass is 244 g/mol. The van der Waals surface area contributed by atoms with Gasteiger partial charge in [0.15, 0.2) is 5.82 Å². The van der Waals surface area contributed by atoms with E-state index < -0.39 is 18.7 Å². The molecule has 96 valence electrons. The molecule has 0 aliphatic carbocycles. The molecule has 0 amide bonds. The number of halogens is 1. The Labute approximate surface area is 97.6 Å². The van der Waals surface area contributed by atoms with Gasteiger partial charge in [-0.15, -0.1) is 10.2 Å². The molecule has 0 radical (unpaired) electrons. The second-order valence-corrected chi connectivity index (χ2v) is 3.82. The van der Waals surface area contributed by atoms with Crippen molar-refractivity contribution < 1.29 is 14.3 Å². The lowest BCUT2D eigenvalue weighted by atomic mass is 9.95. The highest BCUT2D eigenvalue weighted by Crippen LogP contribution is 2.23. The van der Waals surface area contributed by atoms with Gasteiger partial charge in [0, 0.05) is 5.92 Å².